The fourth-order valence-electron chi connectivity index (χ4n) is 2.77. The molecule has 1 amide bonds. The highest BCUT2D eigenvalue weighted by atomic mass is 19.1. The molecule has 0 bridgehead atoms. The molecule has 0 heterocycles. The van der Waals surface area contributed by atoms with Crippen LogP contribution in [0, 0.1) is 19.7 Å². The van der Waals surface area contributed by atoms with Crippen LogP contribution in [0.2, 0.25) is 0 Å². The second-order valence-corrected chi connectivity index (χ2v) is 6.48. The Morgan fingerprint density at radius 3 is 2.32 bits per heavy atom. The van der Waals surface area contributed by atoms with Crippen molar-refractivity contribution in [3.05, 3.63) is 101 Å². The van der Waals surface area contributed by atoms with Crippen molar-refractivity contribution in [1.82, 2.24) is 0 Å². The zero-order valence-corrected chi connectivity index (χ0v) is 15.6. The van der Waals surface area contributed by atoms with Crippen molar-refractivity contribution in [2.75, 3.05) is 5.32 Å². The van der Waals surface area contributed by atoms with Crippen LogP contribution in [0.1, 0.15) is 33.2 Å². The van der Waals surface area contributed by atoms with Gasteiger partial charge in [0, 0.05) is 11.3 Å². The molecule has 5 heteroatoms. The number of amides is 1. The molecule has 4 nitrogen and oxygen atoms in total. The van der Waals surface area contributed by atoms with Crippen LogP contribution < -0.4 is 5.32 Å². The van der Waals surface area contributed by atoms with E-state index in [1.54, 1.807) is 30.3 Å². The van der Waals surface area contributed by atoms with Crippen LogP contribution in [0.3, 0.4) is 0 Å². The highest BCUT2D eigenvalue weighted by Gasteiger charge is 2.27. The fourth-order valence-corrected chi connectivity index (χ4v) is 2.77. The van der Waals surface area contributed by atoms with Crippen molar-refractivity contribution in [2.45, 2.75) is 20.0 Å². The fraction of sp³-hybridized carbons (Fsp3) is 0.130. The molecule has 0 aliphatic heterocycles. The van der Waals surface area contributed by atoms with Crippen LogP contribution in [-0.4, -0.2) is 11.9 Å². The predicted octanol–water partition coefficient (Wildman–Crippen LogP) is 4.98. The van der Waals surface area contributed by atoms with Crippen molar-refractivity contribution in [2.24, 2.45) is 0 Å². The normalized spacial score (nSPS) is 11.5. The Morgan fingerprint density at radius 1 is 0.929 bits per heavy atom. The number of rotatable bonds is 5. The molecule has 3 aromatic rings. The molecule has 1 atom stereocenters. The van der Waals surface area contributed by atoms with E-state index in [1.807, 2.05) is 32.0 Å². The lowest BCUT2D eigenvalue weighted by atomic mass is 10.1. The number of anilines is 1. The Kier molecular flexibility index (Phi) is 5.84. The molecule has 0 aliphatic carbocycles. The molecule has 1 unspecified atom stereocenters. The van der Waals surface area contributed by atoms with Gasteiger partial charge in [0.05, 0.1) is 5.56 Å². The molecule has 0 saturated heterocycles. The molecule has 0 aromatic heterocycles. The second-order valence-electron chi connectivity index (χ2n) is 6.48. The monoisotopic (exact) mass is 377 g/mol. The van der Waals surface area contributed by atoms with Gasteiger partial charge in [-0.25, -0.2) is 9.18 Å². The van der Waals surface area contributed by atoms with Gasteiger partial charge < -0.3 is 10.1 Å². The van der Waals surface area contributed by atoms with E-state index in [1.165, 1.54) is 24.3 Å². The molecule has 3 aromatic carbocycles. The minimum atomic E-state index is -1.21. The maximum Gasteiger partial charge on any atom is 0.342 e. The summed E-state index contributed by atoms with van der Waals surface area (Å²) >= 11 is 0. The van der Waals surface area contributed by atoms with E-state index >= 15 is 0 Å². The minimum Gasteiger partial charge on any atom is -0.444 e. The van der Waals surface area contributed by atoms with Gasteiger partial charge in [-0.3, -0.25) is 4.79 Å². The topological polar surface area (TPSA) is 55.4 Å². The maximum atomic E-state index is 13.9. The lowest BCUT2D eigenvalue weighted by Gasteiger charge is -2.19. The van der Waals surface area contributed by atoms with Crippen LogP contribution in [0.4, 0.5) is 10.1 Å². The second kappa shape index (κ2) is 8.48. The first-order chi connectivity index (χ1) is 13.5. The van der Waals surface area contributed by atoms with Crippen molar-refractivity contribution in [3.63, 3.8) is 0 Å². The van der Waals surface area contributed by atoms with Crippen molar-refractivity contribution in [1.29, 1.82) is 0 Å². The van der Waals surface area contributed by atoms with Gasteiger partial charge in [-0.15, -0.1) is 0 Å². The van der Waals surface area contributed by atoms with E-state index in [4.69, 9.17) is 4.74 Å². The van der Waals surface area contributed by atoms with Crippen molar-refractivity contribution in [3.8, 4) is 0 Å². The van der Waals surface area contributed by atoms with E-state index < -0.39 is 23.8 Å². The number of halogens is 1. The number of carbonyl (C=O) groups is 2. The summed E-state index contributed by atoms with van der Waals surface area (Å²) in [6.07, 6.45) is -1.21. The Bertz CT molecular complexity index is 1000. The summed E-state index contributed by atoms with van der Waals surface area (Å²) in [5, 5.41) is 2.81. The summed E-state index contributed by atoms with van der Waals surface area (Å²) < 4.78 is 19.4. The maximum absolute atomic E-state index is 13.9. The predicted molar refractivity (Wildman–Crippen MR) is 106 cm³/mol. The number of benzene rings is 3. The highest BCUT2D eigenvalue weighted by Crippen LogP contribution is 2.24. The van der Waals surface area contributed by atoms with Crippen molar-refractivity contribution < 1.29 is 18.7 Å². The van der Waals surface area contributed by atoms with Gasteiger partial charge in [0.25, 0.3) is 5.91 Å². The number of aryl methyl sites for hydroxylation is 2. The summed E-state index contributed by atoms with van der Waals surface area (Å²) in [5.74, 6) is -2.11. The van der Waals surface area contributed by atoms with E-state index in [0.29, 0.717) is 11.3 Å². The number of hydrogen-bond acceptors (Lipinski definition) is 3. The minimum absolute atomic E-state index is 0.219. The molecule has 142 valence electrons. The van der Waals surface area contributed by atoms with E-state index in [9.17, 15) is 14.0 Å². The molecule has 0 fully saturated rings. The zero-order chi connectivity index (χ0) is 20.1. The van der Waals surface area contributed by atoms with Crippen LogP contribution >= 0.6 is 0 Å². The quantitative estimate of drug-likeness (QED) is 0.638. The average molecular weight is 377 g/mol. The molecule has 0 saturated carbocycles. The lowest BCUT2D eigenvalue weighted by molar-refractivity contribution is -0.125. The molecule has 28 heavy (non-hydrogen) atoms. The lowest BCUT2D eigenvalue weighted by Crippen LogP contribution is -2.26. The van der Waals surface area contributed by atoms with Gasteiger partial charge in [0.1, 0.15) is 5.82 Å². The molecular weight excluding hydrogens is 357 g/mol. The van der Waals surface area contributed by atoms with Crippen LogP contribution in [-0.2, 0) is 9.53 Å². The first-order valence-electron chi connectivity index (χ1n) is 8.84. The third-order valence-electron chi connectivity index (χ3n) is 4.31. The van der Waals surface area contributed by atoms with Gasteiger partial charge >= 0.3 is 5.97 Å². The van der Waals surface area contributed by atoms with Gasteiger partial charge in [0.15, 0.2) is 0 Å². The summed E-state index contributed by atoms with van der Waals surface area (Å²) in [5.41, 5.74) is 2.78. The molecular formula is C23H20FNO3. The van der Waals surface area contributed by atoms with Gasteiger partial charge in [-0.1, -0.05) is 54.6 Å². The number of nitrogens with one attached hydrogen (secondary N) is 1. The Morgan fingerprint density at radius 2 is 1.61 bits per heavy atom. The number of carbonyl (C=O) groups excluding carboxylic acids is 2. The SMILES string of the molecule is Cc1ccc(C)c(NC(=O)C(OC(=O)c2ccccc2F)c2ccccc2)c1. The molecule has 0 spiro atoms. The third kappa shape index (κ3) is 4.43. The highest BCUT2D eigenvalue weighted by molar-refractivity contribution is 5.98. The largest absolute Gasteiger partial charge is 0.444 e. The average Bonchev–Trinajstić information content (AvgIpc) is 2.69. The summed E-state index contributed by atoms with van der Waals surface area (Å²) in [7, 11) is 0. The Balaban J connectivity index is 1.89. The van der Waals surface area contributed by atoms with Crippen LogP contribution in [0.25, 0.3) is 0 Å². The zero-order valence-electron chi connectivity index (χ0n) is 15.6. The van der Waals surface area contributed by atoms with Gasteiger partial charge in [0.2, 0.25) is 6.10 Å². The number of ether oxygens (including phenoxy) is 1. The molecule has 0 radical (unpaired) electrons. The standard InChI is InChI=1S/C23H20FNO3/c1-15-12-13-16(2)20(14-15)25-22(26)21(17-8-4-3-5-9-17)28-23(27)18-10-6-7-11-19(18)24/h3-14,21H,1-2H3,(H,25,26). The van der Waals surface area contributed by atoms with Crippen molar-refractivity contribution >= 4 is 17.6 Å². The molecule has 0 aliphatic rings. The van der Waals surface area contributed by atoms with E-state index in [-0.39, 0.29) is 5.56 Å². The van der Waals surface area contributed by atoms with Crippen LogP contribution in [0.15, 0.2) is 72.8 Å². The van der Waals surface area contributed by atoms with Gasteiger partial charge in [-0.05, 0) is 43.2 Å². The summed E-state index contributed by atoms with van der Waals surface area (Å²) in [6, 6.07) is 19.8. The number of hydrogen-bond donors (Lipinski definition) is 1. The smallest absolute Gasteiger partial charge is 0.342 e. The van der Waals surface area contributed by atoms with E-state index in [0.717, 1.165) is 11.1 Å². The van der Waals surface area contributed by atoms with Crippen LogP contribution in [0.5, 0.6) is 0 Å². The first-order valence-corrected chi connectivity index (χ1v) is 8.84. The van der Waals surface area contributed by atoms with E-state index in [2.05, 4.69) is 5.32 Å². The third-order valence-corrected chi connectivity index (χ3v) is 4.31. The number of esters is 1. The summed E-state index contributed by atoms with van der Waals surface area (Å²) in [4.78, 5) is 25.4. The first kappa shape index (κ1) is 19.3. The Labute approximate surface area is 163 Å². The molecule has 3 rings (SSSR count). The molecule has 1 N–H and O–H groups in total. The van der Waals surface area contributed by atoms with Gasteiger partial charge in [-0.2, -0.15) is 0 Å². The summed E-state index contributed by atoms with van der Waals surface area (Å²) in [6.45, 7) is 3.79. The Hall–Kier alpha value is -3.47.